The van der Waals surface area contributed by atoms with Crippen LogP contribution in [0.4, 0.5) is 0 Å². The number of para-hydroxylation sites is 1. The van der Waals surface area contributed by atoms with Crippen molar-refractivity contribution in [1.82, 2.24) is 4.90 Å². The highest BCUT2D eigenvalue weighted by atomic mass is 32.2. The van der Waals surface area contributed by atoms with Crippen LogP contribution in [0.15, 0.2) is 18.2 Å². The molecule has 1 saturated heterocycles. The number of likely N-dealkylation sites (tertiary alicyclic amines) is 1. The summed E-state index contributed by atoms with van der Waals surface area (Å²) in [5, 5.41) is 0.114. The van der Waals surface area contributed by atoms with Crippen LogP contribution < -0.4 is 9.47 Å². The number of thioether (sulfide) groups is 1. The third-order valence-electron chi connectivity index (χ3n) is 3.95. The van der Waals surface area contributed by atoms with Gasteiger partial charge in [0.2, 0.25) is 12.7 Å². The van der Waals surface area contributed by atoms with Crippen LogP contribution in [-0.2, 0) is 16.0 Å². The van der Waals surface area contributed by atoms with E-state index in [0.29, 0.717) is 13.0 Å². The van der Waals surface area contributed by atoms with Crippen LogP contribution in [0.5, 0.6) is 11.5 Å². The van der Waals surface area contributed by atoms with Crippen molar-refractivity contribution in [3.05, 3.63) is 23.8 Å². The van der Waals surface area contributed by atoms with Crippen LogP contribution in [0.3, 0.4) is 0 Å². The van der Waals surface area contributed by atoms with Gasteiger partial charge < -0.3 is 14.4 Å². The van der Waals surface area contributed by atoms with Gasteiger partial charge in [-0.05, 0) is 24.0 Å². The summed E-state index contributed by atoms with van der Waals surface area (Å²) < 4.78 is 10.9. The Labute approximate surface area is 134 Å². The number of rotatable bonds is 5. The van der Waals surface area contributed by atoms with Gasteiger partial charge in [0, 0.05) is 32.2 Å². The second-order valence-corrected chi connectivity index (χ2v) is 6.81. The summed E-state index contributed by atoms with van der Waals surface area (Å²) in [7, 11) is 0. The molecule has 1 amide bonds. The van der Waals surface area contributed by atoms with E-state index in [1.807, 2.05) is 23.1 Å². The number of hydrogen-bond acceptors (Lipinski definition) is 5. The minimum atomic E-state index is 0.114. The molecule has 2 aliphatic rings. The van der Waals surface area contributed by atoms with Gasteiger partial charge in [-0.3, -0.25) is 9.59 Å². The first-order valence-corrected chi connectivity index (χ1v) is 8.40. The molecule has 0 N–H and O–H groups in total. The third-order valence-corrected chi connectivity index (χ3v) is 4.99. The van der Waals surface area contributed by atoms with Crippen LogP contribution in [0, 0.1) is 5.92 Å². The predicted molar refractivity (Wildman–Crippen MR) is 84.1 cm³/mol. The largest absolute Gasteiger partial charge is 0.454 e. The number of benzene rings is 1. The summed E-state index contributed by atoms with van der Waals surface area (Å²) >= 11 is 1.31. The fourth-order valence-corrected chi connectivity index (χ4v) is 3.55. The second kappa shape index (κ2) is 6.60. The molecular weight excluding hydrogens is 302 g/mol. The Morgan fingerprint density at radius 1 is 1.41 bits per heavy atom. The Bertz CT molecular complexity index is 590. The lowest BCUT2D eigenvalue weighted by Gasteiger charge is -2.17. The van der Waals surface area contributed by atoms with Crippen molar-refractivity contribution in [2.75, 3.05) is 25.6 Å². The lowest BCUT2D eigenvalue weighted by atomic mass is 10.1. The quantitative estimate of drug-likeness (QED) is 0.831. The normalized spacial score (nSPS) is 19.8. The summed E-state index contributed by atoms with van der Waals surface area (Å²) in [4.78, 5) is 25.0. The molecule has 2 heterocycles. The van der Waals surface area contributed by atoms with E-state index < -0.39 is 0 Å². The van der Waals surface area contributed by atoms with E-state index in [-0.39, 0.29) is 23.7 Å². The van der Waals surface area contributed by atoms with Gasteiger partial charge in [0.1, 0.15) is 0 Å². The van der Waals surface area contributed by atoms with Gasteiger partial charge in [-0.1, -0.05) is 23.9 Å². The van der Waals surface area contributed by atoms with Gasteiger partial charge in [-0.15, -0.1) is 0 Å². The summed E-state index contributed by atoms with van der Waals surface area (Å²) in [6.45, 7) is 3.25. The van der Waals surface area contributed by atoms with Crippen molar-refractivity contribution in [2.24, 2.45) is 5.92 Å². The van der Waals surface area contributed by atoms with E-state index in [4.69, 9.17) is 9.47 Å². The highest BCUT2D eigenvalue weighted by molar-refractivity contribution is 8.13. The van der Waals surface area contributed by atoms with Crippen LogP contribution in [0.2, 0.25) is 0 Å². The third kappa shape index (κ3) is 3.38. The predicted octanol–water partition coefficient (Wildman–Crippen LogP) is 2.09. The Hall–Kier alpha value is -1.69. The van der Waals surface area contributed by atoms with Gasteiger partial charge in [0.15, 0.2) is 16.6 Å². The fraction of sp³-hybridized carbons (Fsp3) is 0.500. The van der Waals surface area contributed by atoms with E-state index in [0.717, 1.165) is 35.8 Å². The maximum atomic E-state index is 12.1. The van der Waals surface area contributed by atoms with Crippen molar-refractivity contribution in [1.29, 1.82) is 0 Å². The average molecular weight is 321 g/mol. The lowest BCUT2D eigenvalue weighted by Crippen LogP contribution is -2.27. The minimum Gasteiger partial charge on any atom is -0.454 e. The molecule has 0 aliphatic carbocycles. The van der Waals surface area contributed by atoms with Crippen LogP contribution in [0.1, 0.15) is 18.9 Å². The number of carbonyl (C=O) groups is 2. The van der Waals surface area contributed by atoms with E-state index in [9.17, 15) is 9.59 Å². The van der Waals surface area contributed by atoms with E-state index in [1.54, 1.807) is 6.92 Å². The molecule has 1 aromatic carbocycles. The average Bonchev–Trinajstić information content (AvgIpc) is 3.09. The number of fused-ring (bicyclic) bond motifs is 1. The van der Waals surface area contributed by atoms with Gasteiger partial charge >= 0.3 is 0 Å². The molecule has 1 fully saturated rings. The second-order valence-electron chi connectivity index (χ2n) is 5.61. The summed E-state index contributed by atoms with van der Waals surface area (Å²) in [5.41, 5.74) is 1.07. The lowest BCUT2D eigenvalue weighted by molar-refractivity contribution is -0.127. The standard InChI is InChI=1S/C16H19NO4S/c1-11(18)22-9-12-7-15(19)17(8-12)6-5-13-3-2-4-14-16(13)21-10-20-14/h2-4,12H,5-10H2,1H3. The number of nitrogens with zero attached hydrogens (tertiary/aromatic N) is 1. The molecule has 5 nitrogen and oxygen atoms in total. The number of ether oxygens (including phenoxy) is 2. The number of amides is 1. The van der Waals surface area contributed by atoms with E-state index >= 15 is 0 Å². The van der Waals surface area contributed by atoms with Gasteiger partial charge in [-0.25, -0.2) is 0 Å². The van der Waals surface area contributed by atoms with E-state index in [1.165, 1.54) is 11.8 Å². The highest BCUT2D eigenvalue weighted by Gasteiger charge is 2.29. The zero-order chi connectivity index (χ0) is 15.5. The van der Waals surface area contributed by atoms with Gasteiger partial charge in [-0.2, -0.15) is 0 Å². The maximum absolute atomic E-state index is 12.1. The first-order valence-electron chi connectivity index (χ1n) is 7.42. The number of hydrogen-bond donors (Lipinski definition) is 0. The van der Waals surface area contributed by atoms with Crippen molar-refractivity contribution < 1.29 is 19.1 Å². The molecule has 1 atom stereocenters. The summed E-state index contributed by atoms with van der Waals surface area (Å²) in [6.07, 6.45) is 1.30. The number of carbonyl (C=O) groups excluding carboxylic acids is 2. The molecule has 0 saturated carbocycles. The molecule has 3 rings (SSSR count). The van der Waals surface area contributed by atoms with Crippen LogP contribution in [0.25, 0.3) is 0 Å². The molecular formula is C16H19NO4S. The molecule has 0 bridgehead atoms. The van der Waals surface area contributed by atoms with Crippen molar-refractivity contribution in [3.63, 3.8) is 0 Å². The molecule has 22 heavy (non-hydrogen) atoms. The SMILES string of the molecule is CC(=O)SCC1CC(=O)N(CCc2cccc3c2OCO3)C1. The Kier molecular flexibility index (Phi) is 4.57. The monoisotopic (exact) mass is 321 g/mol. The maximum Gasteiger partial charge on any atom is 0.231 e. The molecule has 0 spiro atoms. The fourth-order valence-electron chi connectivity index (χ4n) is 2.86. The highest BCUT2D eigenvalue weighted by Crippen LogP contribution is 2.35. The molecule has 0 radical (unpaired) electrons. The van der Waals surface area contributed by atoms with E-state index in [2.05, 4.69) is 0 Å². The first kappa shape index (κ1) is 15.2. The smallest absolute Gasteiger partial charge is 0.231 e. The molecule has 1 unspecified atom stereocenters. The molecule has 1 aromatic rings. The van der Waals surface area contributed by atoms with Gasteiger partial charge in [0.05, 0.1) is 0 Å². The van der Waals surface area contributed by atoms with Crippen molar-refractivity contribution in [3.8, 4) is 11.5 Å². The Balaban J connectivity index is 1.55. The summed E-state index contributed by atoms with van der Waals surface area (Å²) in [5.74, 6) is 2.77. The zero-order valence-electron chi connectivity index (χ0n) is 12.5. The Morgan fingerprint density at radius 3 is 3.09 bits per heavy atom. The minimum absolute atomic E-state index is 0.114. The molecule has 118 valence electrons. The van der Waals surface area contributed by atoms with Crippen LogP contribution >= 0.6 is 11.8 Å². The zero-order valence-corrected chi connectivity index (χ0v) is 13.4. The topological polar surface area (TPSA) is 55.8 Å². The molecule has 6 heteroatoms. The van der Waals surface area contributed by atoms with Crippen LogP contribution in [-0.4, -0.2) is 41.6 Å². The first-order chi connectivity index (χ1) is 10.6. The summed E-state index contributed by atoms with van der Waals surface area (Å²) in [6, 6.07) is 5.85. The Morgan fingerprint density at radius 2 is 2.27 bits per heavy atom. The molecule has 2 aliphatic heterocycles. The molecule has 0 aromatic heterocycles. The van der Waals surface area contributed by atoms with Gasteiger partial charge in [0.25, 0.3) is 0 Å². The van der Waals surface area contributed by atoms with Crippen molar-refractivity contribution in [2.45, 2.75) is 19.8 Å². The van der Waals surface area contributed by atoms with Crippen molar-refractivity contribution >= 4 is 22.8 Å².